The Kier molecular flexibility index (Phi) is 16.0. The van der Waals surface area contributed by atoms with Gasteiger partial charge in [-0.05, 0) is 41.8 Å². The lowest BCUT2D eigenvalue weighted by atomic mass is 10.0. The van der Waals surface area contributed by atoms with E-state index in [0.29, 0.717) is 44.9 Å². The van der Waals surface area contributed by atoms with Crippen LogP contribution in [0.25, 0.3) is 43.1 Å². The van der Waals surface area contributed by atoms with Gasteiger partial charge in [-0.1, -0.05) is 103 Å². The number of carbonyl (C=O) groups is 4. The van der Waals surface area contributed by atoms with Gasteiger partial charge in [0, 0.05) is 42.7 Å². The molecule has 8 aromatic rings. The zero-order chi connectivity index (χ0) is 47.4. The first-order chi connectivity index (χ1) is 31.3. The maximum Gasteiger partial charge on any atom is 0.339 e. The zero-order valence-corrected chi connectivity index (χ0v) is 36.6. The van der Waals surface area contributed by atoms with Gasteiger partial charge < -0.3 is 48.8 Å². The summed E-state index contributed by atoms with van der Waals surface area (Å²) in [6.07, 6.45) is 0. The molecule has 0 atom stereocenters. The van der Waals surface area contributed by atoms with E-state index in [1.54, 1.807) is 37.4 Å². The molecular formula is C50H43ClO14. The SMILES string of the molecule is COc1c(C(=O)O)cc(Cl)c2ccccc12.COc1c(C(=O)O)ccc2ccccc12.COc1cc(C(=O)O)c(OC)c2ccccc12.COc1cccc2c(OC)c(C(=O)O)ccc12. The van der Waals surface area contributed by atoms with E-state index in [0.717, 1.165) is 37.7 Å². The standard InChI is InChI=1S/2C13H12O4.C12H9ClO3.C12H10O3/c1-16-11-5-3-4-9-8(11)6-7-10(13(14)15)12(9)17-2;1-16-11-7-10(13(14)15)12(17-2)9-6-4-3-5-8(9)11;1-16-11-8-5-3-2-4-7(8)10(13)6-9(11)12(14)15;1-15-11-9-5-3-2-4-8(9)6-7-10(11)12(13)14/h2*3-7H,1-2H3,(H,14,15);2-6H,1H3,(H,14,15);2-7H,1H3,(H,13,14). The summed E-state index contributed by atoms with van der Waals surface area (Å²) in [4.78, 5) is 44.2. The fourth-order valence-corrected chi connectivity index (χ4v) is 7.32. The minimum absolute atomic E-state index is 0.0752. The summed E-state index contributed by atoms with van der Waals surface area (Å²) < 4.78 is 31.1. The number of hydrogen-bond acceptors (Lipinski definition) is 10. The third-order valence-corrected chi connectivity index (χ3v) is 10.2. The molecule has 334 valence electrons. The quantitative estimate of drug-likeness (QED) is 0.101. The van der Waals surface area contributed by atoms with Crippen molar-refractivity contribution in [2.75, 3.05) is 42.7 Å². The van der Waals surface area contributed by atoms with Gasteiger partial charge >= 0.3 is 23.9 Å². The van der Waals surface area contributed by atoms with E-state index in [9.17, 15) is 19.2 Å². The van der Waals surface area contributed by atoms with Crippen molar-refractivity contribution in [2.45, 2.75) is 0 Å². The average Bonchev–Trinajstić information content (AvgIpc) is 3.32. The van der Waals surface area contributed by atoms with Gasteiger partial charge in [-0.2, -0.15) is 0 Å². The van der Waals surface area contributed by atoms with E-state index in [1.165, 1.54) is 53.7 Å². The van der Waals surface area contributed by atoms with Gasteiger partial charge in [0.05, 0.1) is 42.7 Å². The maximum atomic E-state index is 11.2. The number of carboxylic acids is 4. The van der Waals surface area contributed by atoms with E-state index in [2.05, 4.69) is 0 Å². The predicted octanol–water partition coefficient (Wildman–Crippen LogP) is 10.9. The minimum Gasteiger partial charge on any atom is -0.496 e. The molecule has 0 saturated carbocycles. The molecule has 14 nitrogen and oxygen atoms in total. The summed E-state index contributed by atoms with van der Waals surface area (Å²) >= 11 is 6.02. The van der Waals surface area contributed by atoms with E-state index in [1.807, 2.05) is 78.9 Å². The second-order valence-corrected chi connectivity index (χ2v) is 13.9. The van der Waals surface area contributed by atoms with Crippen LogP contribution >= 0.6 is 11.6 Å². The zero-order valence-electron chi connectivity index (χ0n) is 35.9. The van der Waals surface area contributed by atoms with Crippen LogP contribution in [0, 0.1) is 0 Å². The first kappa shape index (κ1) is 47.8. The number of rotatable bonds is 10. The number of methoxy groups -OCH3 is 6. The highest BCUT2D eigenvalue weighted by Crippen LogP contribution is 2.38. The smallest absolute Gasteiger partial charge is 0.339 e. The Morgan fingerprint density at radius 2 is 0.723 bits per heavy atom. The topological polar surface area (TPSA) is 205 Å². The van der Waals surface area contributed by atoms with Gasteiger partial charge in [0.25, 0.3) is 0 Å². The average molecular weight is 903 g/mol. The first-order valence-corrected chi connectivity index (χ1v) is 19.7. The molecular weight excluding hydrogens is 860 g/mol. The van der Waals surface area contributed by atoms with Crippen molar-refractivity contribution in [3.63, 3.8) is 0 Å². The van der Waals surface area contributed by atoms with Crippen LogP contribution in [0.2, 0.25) is 5.02 Å². The second-order valence-electron chi connectivity index (χ2n) is 13.5. The van der Waals surface area contributed by atoms with Gasteiger partial charge in [0.15, 0.2) is 0 Å². The molecule has 0 aromatic heterocycles. The third-order valence-electron chi connectivity index (χ3n) is 9.93. The minimum atomic E-state index is -1.05. The lowest BCUT2D eigenvalue weighted by Crippen LogP contribution is -2.02. The first-order valence-electron chi connectivity index (χ1n) is 19.3. The number of fused-ring (bicyclic) bond motifs is 4. The van der Waals surface area contributed by atoms with Crippen LogP contribution in [0.4, 0.5) is 0 Å². The number of halogens is 1. The summed E-state index contributed by atoms with van der Waals surface area (Å²) in [6.45, 7) is 0. The van der Waals surface area contributed by atoms with Crippen LogP contribution in [0.15, 0.2) is 127 Å². The molecule has 0 aliphatic heterocycles. The van der Waals surface area contributed by atoms with Crippen molar-refractivity contribution in [2.24, 2.45) is 0 Å². The molecule has 8 aromatic carbocycles. The second kappa shape index (κ2) is 21.7. The summed E-state index contributed by atoms with van der Waals surface area (Å²) in [6, 6.07) is 37.1. The van der Waals surface area contributed by atoms with Crippen molar-refractivity contribution in [3.8, 4) is 34.5 Å². The molecule has 0 radical (unpaired) electrons. The van der Waals surface area contributed by atoms with Crippen molar-refractivity contribution >= 4 is 78.6 Å². The van der Waals surface area contributed by atoms with Crippen LogP contribution in [0.1, 0.15) is 41.4 Å². The van der Waals surface area contributed by atoms with Crippen molar-refractivity contribution < 1.29 is 68.0 Å². The lowest BCUT2D eigenvalue weighted by molar-refractivity contribution is 0.0682. The van der Waals surface area contributed by atoms with E-state index in [4.69, 9.17) is 60.4 Å². The highest BCUT2D eigenvalue weighted by Gasteiger charge is 2.19. The molecule has 0 fully saturated rings. The Morgan fingerprint density at radius 3 is 1.22 bits per heavy atom. The number of benzene rings is 8. The Labute approximate surface area is 377 Å². The van der Waals surface area contributed by atoms with E-state index >= 15 is 0 Å². The van der Waals surface area contributed by atoms with E-state index < -0.39 is 23.9 Å². The molecule has 0 aliphatic carbocycles. The number of hydrogen-bond donors (Lipinski definition) is 4. The van der Waals surface area contributed by atoms with Gasteiger partial charge in [-0.25, -0.2) is 19.2 Å². The number of ether oxygens (including phenoxy) is 6. The van der Waals surface area contributed by atoms with Gasteiger partial charge in [0.1, 0.15) is 56.8 Å². The molecule has 4 N–H and O–H groups in total. The Morgan fingerprint density at radius 1 is 0.354 bits per heavy atom. The number of aromatic carboxylic acids is 4. The highest BCUT2D eigenvalue weighted by atomic mass is 35.5. The van der Waals surface area contributed by atoms with Gasteiger partial charge in [-0.3, -0.25) is 0 Å². The number of carboxylic acid groups (broad SMARTS) is 4. The summed E-state index contributed by atoms with van der Waals surface area (Å²) in [7, 11) is 8.93. The Bertz CT molecular complexity index is 3030. The molecule has 0 amide bonds. The van der Waals surface area contributed by atoms with Crippen LogP contribution < -0.4 is 28.4 Å². The molecule has 8 rings (SSSR count). The maximum absolute atomic E-state index is 11.2. The predicted molar refractivity (Wildman–Crippen MR) is 248 cm³/mol. The largest absolute Gasteiger partial charge is 0.496 e. The molecule has 0 aliphatic rings. The van der Waals surface area contributed by atoms with Crippen LogP contribution in [0.3, 0.4) is 0 Å². The van der Waals surface area contributed by atoms with Crippen molar-refractivity contribution in [1.82, 2.24) is 0 Å². The lowest BCUT2D eigenvalue weighted by Gasteiger charge is -2.12. The molecule has 0 bridgehead atoms. The monoisotopic (exact) mass is 902 g/mol. The summed E-state index contributed by atoms with van der Waals surface area (Å²) in [5, 5.41) is 43.0. The van der Waals surface area contributed by atoms with Crippen molar-refractivity contribution in [1.29, 1.82) is 0 Å². The Balaban J connectivity index is 0.000000163. The van der Waals surface area contributed by atoms with E-state index in [-0.39, 0.29) is 22.3 Å². The fourth-order valence-electron chi connectivity index (χ4n) is 7.05. The summed E-state index contributed by atoms with van der Waals surface area (Å²) in [5.41, 5.74) is 0.513. The molecule has 0 unspecified atom stereocenters. The Hall–Kier alpha value is -8.23. The van der Waals surface area contributed by atoms with Crippen LogP contribution in [-0.2, 0) is 0 Å². The normalized spacial score (nSPS) is 10.3. The molecule has 0 saturated heterocycles. The third kappa shape index (κ3) is 10.4. The molecule has 0 heterocycles. The molecule has 65 heavy (non-hydrogen) atoms. The van der Waals surface area contributed by atoms with Crippen LogP contribution in [-0.4, -0.2) is 87.0 Å². The molecule has 15 heteroatoms. The fraction of sp³-hybridized carbons (Fsp3) is 0.120. The van der Waals surface area contributed by atoms with Gasteiger partial charge in [0.2, 0.25) is 0 Å². The summed E-state index contributed by atoms with van der Waals surface area (Å²) in [5.74, 6) is -1.38. The van der Waals surface area contributed by atoms with Crippen molar-refractivity contribution in [3.05, 3.63) is 155 Å². The van der Waals surface area contributed by atoms with Crippen LogP contribution in [0.5, 0.6) is 34.5 Å². The van der Waals surface area contributed by atoms with Gasteiger partial charge in [-0.15, -0.1) is 0 Å². The molecule has 0 spiro atoms. The highest BCUT2D eigenvalue weighted by molar-refractivity contribution is 6.36.